The fourth-order valence-electron chi connectivity index (χ4n) is 1.67. The van der Waals surface area contributed by atoms with Crippen LogP contribution in [-0.4, -0.2) is 4.92 Å². The lowest BCUT2D eigenvalue weighted by Gasteiger charge is -2.12. The molecule has 0 heterocycles. The summed E-state index contributed by atoms with van der Waals surface area (Å²) in [6.45, 7) is 0. The summed E-state index contributed by atoms with van der Waals surface area (Å²) in [5, 5.41) is 10.0. The highest BCUT2D eigenvalue weighted by Crippen LogP contribution is 2.39. The third-order valence-corrected chi connectivity index (χ3v) is 3.03. The minimum Gasteiger partial charge on any atom is -0.449 e. The van der Waals surface area contributed by atoms with E-state index >= 15 is 0 Å². The molecule has 2 aromatic rings. The Morgan fingerprint density at radius 3 is 2.00 bits per heavy atom. The van der Waals surface area contributed by atoms with Gasteiger partial charge in [0.2, 0.25) is 5.82 Å². The van der Waals surface area contributed by atoms with Crippen molar-refractivity contribution in [1.82, 2.24) is 0 Å². The second-order valence-electron chi connectivity index (χ2n) is 4.36. The zero-order chi connectivity index (χ0) is 18.2. The van der Waals surface area contributed by atoms with Gasteiger partial charge in [0.25, 0.3) is 0 Å². The monoisotopic (exact) mass is 371 g/mol. The van der Waals surface area contributed by atoms with E-state index in [1.165, 1.54) is 0 Å². The fourth-order valence-corrected chi connectivity index (χ4v) is 1.86. The number of alkyl halides is 3. The standard InChI is InChI=1S/C13H4ClF6NO3/c14-6-3-7(15)10(21(22)23)4-11(6)24-12-8(16)1-5(2-9(12)17)13(18,19)20/h1-4H. The van der Waals surface area contributed by atoms with Gasteiger partial charge < -0.3 is 4.74 Å². The quantitative estimate of drug-likeness (QED) is 0.408. The number of nitrogens with zero attached hydrogens (tertiary/aromatic N) is 1. The van der Waals surface area contributed by atoms with Crippen LogP contribution in [0.25, 0.3) is 0 Å². The first-order valence-corrected chi connectivity index (χ1v) is 6.26. The Morgan fingerprint density at radius 1 is 1.00 bits per heavy atom. The molecule has 0 aromatic heterocycles. The van der Waals surface area contributed by atoms with E-state index in [-0.39, 0.29) is 12.1 Å². The molecule has 128 valence electrons. The van der Waals surface area contributed by atoms with Crippen molar-refractivity contribution in [3.8, 4) is 11.5 Å². The Morgan fingerprint density at radius 2 is 1.54 bits per heavy atom. The van der Waals surface area contributed by atoms with E-state index in [1.807, 2.05) is 0 Å². The topological polar surface area (TPSA) is 52.4 Å². The van der Waals surface area contributed by atoms with Gasteiger partial charge in [0.05, 0.1) is 21.6 Å². The minimum absolute atomic E-state index is 0.0236. The van der Waals surface area contributed by atoms with Crippen molar-refractivity contribution < 1.29 is 36.0 Å². The molecule has 0 spiro atoms. The van der Waals surface area contributed by atoms with Crippen LogP contribution in [0.5, 0.6) is 11.5 Å². The molecule has 0 amide bonds. The zero-order valence-electron chi connectivity index (χ0n) is 11.1. The van der Waals surface area contributed by atoms with Gasteiger partial charge in [-0.25, -0.2) is 8.78 Å². The van der Waals surface area contributed by atoms with Crippen LogP contribution in [0.15, 0.2) is 24.3 Å². The maximum atomic E-state index is 13.7. The van der Waals surface area contributed by atoms with Gasteiger partial charge in [-0.3, -0.25) is 10.1 Å². The minimum atomic E-state index is -4.99. The fraction of sp³-hybridized carbons (Fsp3) is 0.0769. The van der Waals surface area contributed by atoms with Crippen molar-refractivity contribution in [2.24, 2.45) is 0 Å². The highest BCUT2D eigenvalue weighted by Gasteiger charge is 2.33. The van der Waals surface area contributed by atoms with Gasteiger partial charge in [0, 0.05) is 6.07 Å². The van der Waals surface area contributed by atoms with Crippen LogP contribution in [0, 0.1) is 27.6 Å². The molecular formula is C13H4ClF6NO3. The molecule has 0 aliphatic heterocycles. The normalized spacial score (nSPS) is 11.5. The lowest BCUT2D eigenvalue weighted by molar-refractivity contribution is -0.387. The lowest BCUT2D eigenvalue weighted by atomic mass is 10.2. The van der Waals surface area contributed by atoms with Gasteiger partial charge in [0.1, 0.15) is 0 Å². The number of ether oxygens (including phenoxy) is 1. The Kier molecular flexibility index (Phi) is 4.61. The summed E-state index contributed by atoms with van der Waals surface area (Å²) < 4.78 is 82.7. The summed E-state index contributed by atoms with van der Waals surface area (Å²) in [7, 11) is 0. The van der Waals surface area contributed by atoms with E-state index in [0.717, 1.165) is 0 Å². The molecule has 0 fully saturated rings. The zero-order valence-corrected chi connectivity index (χ0v) is 11.9. The first kappa shape index (κ1) is 17.9. The number of rotatable bonds is 3. The largest absolute Gasteiger partial charge is 0.449 e. The number of benzene rings is 2. The van der Waals surface area contributed by atoms with Gasteiger partial charge in [-0.1, -0.05) is 11.6 Å². The molecule has 0 saturated heterocycles. The second-order valence-corrected chi connectivity index (χ2v) is 4.77. The molecule has 0 aliphatic rings. The second kappa shape index (κ2) is 6.19. The molecule has 11 heteroatoms. The van der Waals surface area contributed by atoms with E-state index < -0.39 is 56.3 Å². The van der Waals surface area contributed by atoms with E-state index in [0.29, 0.717) is 12.1 Å². The molecule has 2 aromatic carbocycles. The van der Waals surface area contributed by atoms with Crippen LogP contribution in [0.3, 0.4) is 0 Å². The Hall–Kier alpha value is -2.49. The maximum Gasteiger partial charge on any atom is 0.416 e. The lowest BCUT2D eigenvalue weighted by Crippen LogP contribution is -2.07. The molecule has 0 aliphatic carbocycles. The number of halogens is 7. The third kappa shape index (κ3) is 3.53. The van der Waals surface area contributed by atoms with Crippen molar-refractivity contribution in [1.29, 1.82) is 0 Å². The molecule has 24 heavy (non-hydrogen) atoms. The van der Waals surface area contributed by atoms with Crippen molar-refractivity contribution in [3.05, 3.63) is 62.4 Å². The molecule has 4 nitrogen and oxygen atoms in total. The van der Waals surface area contributed by atoms with E-state index in [4.69, 9.17) is 11.6 Å². The maximum absolute atomic E-state index is 13.7. The first-order valence-electron chi connectivity index (χ1n) is 5.88. The average molecular weight is 372 g/mol. The highest BCUT2D eigenvalue weighted by molar-refractivity contribution is 6.32. The molecule has 0 atom stereocenters. The Bertz CT molecular complexity index is 801. The Labute approximate surface area is 134 Å². The van der Waals surface area contributed by atoms with E-state index in [9.17, 15) is 36.5 Å². The van der Waals surface area contributed by atoms with Gasteiger partial charge in [0.15, 0.2) is 23.1 Å². The van der Waals surface area contributed by atoms with Gasteiger partial charge in [-0.05, 0) is 12.1 Å². The predicted octanol–water partition coefficient (Wildman–Crippen LogP) is 5.48. The predicted molar refractivity (Wildman–Crippen MR) is 69.5 cm³/mol. The van der Waals surface area contributed by atoms with Crippen LogP contribution in [-0.2, 0) is 6.18 Å². The summed E-state index contributed by atoms with van der Waals surface area (Å²) in [4.78, 5) is 9.48. The molecule has 0 radical (unpaired) electrons. The number of hydrogen-bond acceptors (Lipinski definition) is 3. The summed E-state index contributed by atoms with van der Waals surface area (Å²) in [5.41, 5.74) is -2.69. The summed E-state index contributed by atoms with van der Waals surface area (Å²) in [6.07, 6.45) is -4.99. The number of hydrogen-bond donors (Lipinski definition) is 0. The first-order chi connectivity index (χ1) is 11.0. The van der Waals surface area contributed by atoms with Gasteiger partial charge >= 0.3 is 11.9 Å². The van der Waals surface area contributed by atoms with Crippen LogP contribution in [0.2, 0.25) is 5.02 Å². The van der Waals surface area contributed by atoms with Crippen molar-refractivity contribution in [3.63, 3.8) is 0 Å². The third-order valence-electron chi connectivity index (χ3n) is 2.74. The van der Waals surface area contributed by atoms with Crippen molar-refractivity contribution in [2.45, 2.75) is 6.18 Å². The van der Waals surface area contributed by atoms with Crippen LogP contribution in [0.1, 0.15) is 5.56 Å². The highest BCUT2D eigenvalue weighted by atomic mass is 35.5. The van der Waals surface area contributed by atoms with Crippen molar-refractivity contribution >= 4 is 17.3 Å². The molecular weight excluding hydrogens is 368 g/mol. The smallest absolute Gasteiger partial charge is 0.416 e. The van der Waals surface area contributed by atoms with Crippen LogP contribution < -0.4 is 4.74 Å². The molecule has 0 unspecified atom stereocenters. The van der Waals surface area contributed by atoms with Crippen LogP contribution in [0.4, 0.5) is 32.0 Å². The average Bonchev–Trinajstić information content (AvgIpc) is 2.43. The number of nitro benzene ring substituents is 1. The summed E-state index contributed by atoms with van der Waals surface area (Å²) >= 11 is 5.55. The molecule has 0 saturated carbocycles. The number of nitro groups is 1. The van der Waals surface area contributed by atoms with E-state index in [2.05, 4.69) is 4.74 Å². The summed E-state index contributed by atoms with van der Waals surface area (Å²) in [6, 6.07) is 0.873. The van der Waals surface area contributed by atoms with Crippen molar-refractivity contribution in [2.75, 3.05) is 0 Å². The van der Waals surface area contributed by atoms with E-state index in [1.54, 1.807) is 0 Å². The SMILES string of the molecule is O=[N+]([O-])c1cc(Oc2c(F)cc(C(F)(F)F)cc2F)c(Cl)cc1F. The molecule has 0 bridgehead atoms. The van der Waals surface area contributed by atoms with Gasteiger partial charge in [-0.15, -0.1) is 0 Å². The Balaban J connectivity index is 2.49. The summed E-state index contributed by atoms with van der Waals surface area (Å²) in [5.74, 6) is -6.74. The molecule has 2 rings (SSSR count). The van der Waals surface area contributed by atoms with Gasteiger partial charge in [-0.2, -0.15) is 17.6 Å². The van der Waals surface area contributed by atoms with Crippen LogP contribution >= 0.6 is 11.6 Å². The molecule has 0 N–H and O–H groups in total.